The molecule has 6 nitrogen and oxygen atoms in total. The molecule has 0 N–H and O–H groups in total. The summed E-state index contributed by atoms with van der Waals surface area (Å²) in [6.07, 6.45) is 86.9. The van der Waals surface area contributed by atoms with E-state index in [9.17, 15) is 14.4 Å². The molecule has 0 aromatic heterocycles. The van der Waals surface area contributed by atoms with E-state index in [0.29, 0.717) is 19.3 Å². The molecule has 0 radical (unpaired) electrons. The Morgan fingerprint density at radius 2 is 0.527 bits per heavy atom. The SMILES string of the molecule is CC/C=C\C/C=C\C/C=C\C/C=C\C/C=C\C/C=C\C/C=C\CCCCCC(=O)OCC(COC(=O)CCCCCCC/C=C\C/C=C\C/C=C\CC)OC(=O)CCCCCCC/C=C\C/C=C\CCCCCC. The molecule has 0 bridgehead atoms. The highest BCUT2D eigenvalue weighted by atomic mass is 16.6. The Bertz CT molecular complexity index is 1640. The lowest BCUT2D eigenvalue weighted by molar-refractivity contribution is -0.167. The van der Waals surface area contributed by atoms with Crippen molar-refractivity contribution in [3.05, 3.63) is 146 Å². The normalized spacial score (nSPS) is 13.2. The van der Waals surface area contributed by atoms with Crippen LogP contribution in [0, 0.1) is 0 Å². The van der Waals surface area contributed by atoms with E-state index in [1.54, 1.807) is 0 Å². The predicted octanol–water partition coefficient (Wildman–Crippen LogP) is 20.4. The summed E-state index contributed by atoms with van der Waals surface area (Å²) in [7, 11) is 0. The largest absolute Gasteiger partial charge is 0.462 e. The van der Waals surface area contributed by atoms with Gasteiger partial charge in [-0.15, -0.1) is 0 Å². The topological polar surface area (TPSA) is 78.9 Å². The van der Waals surface area contributed by atoms with Crippen molar-refractivity contribution in [2.24, 2.45) is 0 Å². The minimum absolute atomic E-state index is 0.109. The van der Waals surface area contributed by atoms with Crippen LogP contribution in [0.3, 0.4) is 0 Å². The van der Waals surface area contributed by atoms with E-state index in [1.165, 1.54) is 32.1 Å². The van der Waals surface area contributed by atoms with Crippen molar-refractivity contribution < 1.29 is 28.6 Å². The number of carbonyl (C=O) groups is 3. The van der Waals surface area contributed by atoms with Crippen LogP contribution in [-0.2, 0) is 28.6 Å². The molecular weight excluding hydrogens is 913 g/mol. The summed E-state index contributed by atoms with van der Waals surface area (Å²) in [4.78, 5) is 38.2. The van der Waals surface area contributed by atoms with Gasteiger partial charge >= 0.3 is 17.9 Å². The molecule has 0 spiro atoms. The molecule has 0 saturated heterocycles. The van der Waals surface area contributed by atoms with E-state index in [2.05, 4.69) is 167 Å². The van der Waals surface area contributed by atoms with Crippen LogP contribution in [0.25, 0.3) is 0 Å². The van der Waals surface area contributed by atoms with E-state index in [0.717, 1.165) is 173 Å². The maximum absolute atomic E-state index is 12.9. The maximum atomic E-state index is 12.9. The molecule has 0 rings (SSSR count). The van der Waals surface area contributed by atoms with Gasteiger partial charge in [0.2, 0.25) is 0 Å². The number of ether oxygens (including phenoxy) is 3. The second-order valence-corrected chi connectivity index (χ2v) is 19.1. The van der Waals surface area contributed by atoms with Gasteiger partial charge in [0, 0.05) is 19.3 Å². The highest BCUT2D eigenvalue weighted by Crippen LogP contribution is 2.13. The van der Waals surface area contributed by atoms with Gasteiger partial charge in [0.25, 0.3) is 0 Å². The summed E-state index contributed by atoms with van der Waals surface area (Å²) in [5, 5.41) is 0. The van der Waals surface area contributed by atoms with E-state index in [-0.39, 0.29) is 31.1 Å². The first-order valence-corrected chi connectivity index (χ1v) is 29.8. The van der Waals surface area contributed by atoms with Crippen LogP contribution in [0.1, 0.15) is 245 Å². The lowest BCUT2D eigenvalue weighted by Crippen LogP contribution is -2.30. The lowest BCUT2D eigenvalue weighted by Gasteiger charge is -2.18. The number of allylic oxidation sites excluding steroid dienone is 24. The van der Waals surface area contributed by atoms with Crippen LogP contribution >= 0.6 is 0 Å². The maximum Gasteiger partial charge on any atom is 0.306 e. The zero-order valence-electron chi connectivity index (χ0n) is 47.5. The first kappa shape index (κ1) is 69.3. The van der Waals surface area contributed by atoms with E-state index < -0.39 is 6.10 Å². The van der Waals surface area contributed by atoms with Gasteiger partial charge in [-0.2, -0.15) is 0 Å². The van der Waals surface area contributed by atoms with Gasteiger partial charge in [-0.1, -0.05) is 231 Å². The number of rotatable bonds is 52. The van der Waals surface area contributed by atoms with Crippen molar-refractivity contribution in [2.45, 2.75) is 252 Å². The smallest absolute Gasteiger partial charge is 0.306 e. The molecule has 0 aromatic carbocycles. The number of hydrogen-bond donors (Lipinski definition) is 0. The number of unbranched alkanes of at least 4 members (excludes halogenated alkanes) is 17. The molecule has 0 heterocycles. The summed E-state index contributed by atoms with van der Waals surface area (Å²) < 4.78 is 16.8. The fraction of sp³-hybridized carbons (Fsp3) is 0.603. The van der Waals surface area contributed by atoms with Gasteiger partial charge < -0.3 is 14.2 Å². The van der Waals surface area contributed by atoms with Crippen LogP contribution in [-0.4, -0.2) is 37.2 Å². The Labute approximate surface area is 455 Å². The molecule has 6 heteroatoms. The monoisotopic (exact) mass is 1020 g/mol. The average Bonchev–Trinajstić information content (AvgIpc) is 3.40. The molecule has 0 aliphatic rings. The molecule has 74 heavy (non-hydrogen) atoms. The van der Waals surface area contributed by atoms with Crippen LogP contribution in [0.4, 0.5) is 0 Å². The fourth-order valence-corrected chi connectivity index (χ4v) is 7.64. The number of esters is 3. The Morgan fingerprint density at radius 3 is 0.838 bits per heavy atom. The summed E-state index contributed by atoms with van der Waals surface area (Å²) in [6, 6.07) is 0. The first-order chi connectivity index (χ1) is 36.5. The van der Waals surface area contributed by atoms with Gasteiger partial charge in [-0.3, -0.25) is 14.4 Å². The van der Waals surface area contributed by atoms with Crippen LogP contribution in [0.15, 0.2) is 146 Å². The van der Waals surface area contributed by atoms with E-state index >= 15 is 0 Å². The average molecular weight is 1020 g/mol. The Balaban J connectivity index is 4.49. The fourth-order valence-electron chi connectivity index (χ4n) is 7.64. The van der Waals surface area contributed by atoms with E-state index in [1.807, 2.05) is 0 Å². The second-order valence-electron chi connectivity index (χ2n) is 19.1. The number of hydrogen-bond acceptors (Lipinski definition) is 6. The third-order valence-electron chi connectivity index (χ3n) is 12.1. The highest BCUT2D eigenvalue weighted by molar-refractivity contribution is 5.71. The molecule has 0 aliphatic heterocycles. The molecule has 0 saturated carbocycles. The molecule has 0 aromatic rings. The zero-order chi connectivity index (χ0) is 53.6. The van der Waals surface area contributed by atoms with Gasteiger partial charge in [0.1, 0.15) is 13.2 Å². The number of carbonyl (C=O) groups excluding carboxylic acids is 3. The van der Waals surface area contributed by atoms with Crippen molar-refractivity contribution in [2.75, 3.05) is 13.2 Å². The minimum Gasteiger partial charge on any atom is -0.462 e. The van der Waals surface area contributed by atoms with Crippen LogP contribution in [0.5, 0.6) is 0 Å². The second kappa shape index (κ2) is 60.8. The predicted molar refractivity (Wildman–Crippen MR) is 320 cm³/mol. The molecule has 416 valence electrons. The summed E-state index contributed by atoms with van der Waals surface area (Å²) in [5.41, 5.74) is 0. The van der Waals surface area contributed by atoms with Crippen LogP contribution in [0.2, 0.25) is 0 Å². The van der Waals surface area contributed by atoms with Gasteiger partial charge in [-0.05, 0) is 141 Å². The molecule has 1 unspecified atom stereocenters. The van der Waals surface area contributed by atoms with Crippen molar-refractivity contribution in [3.8, 4) is 0 Å². The molecule has 1 atom stereocenters. The third-order valence-corrected chi connectivity index (χ3v) is 12.1. The Hall–Kier alpha value is -4.71. The molecule has 0 aliphatic carbocycles. The summed E-state index contributed by atoms with van der Waals surface area (Å²) >= 11 is 0. The van der Waals surface area contributed by atoms with Gasteiger partial charge in [0.05, 0.1) is 0 Å². The Kier molecular flexibility index (Phi) is 57.0. The third kappa shape index (κ3) is 58.2. The van der Waals surface area contributed by atoms with Crippen molar-refractivity contribution in [1.82, 2.24) is 0 Å². The van der Waals surface area contributed by atoms with Crippen molar-refractivity contribution in [3.63, 3.8) is 0 Å². The van der Waals surface area contributed by atoms with Gasteiger partial charge in [-0.25, -0.2) is 0 Å². The molecule has 0 amide bonds. The van der Waals surface area contributed by atoms with Crippen molar-refractivity contribution in [1.29, 1.82) is 0 Å². The summed E-state index contributed by atoms with van der Waals surface area (Å²) in [5.74, 6) is -0.977. The van der Waals surface area contributed by atoms with Gasteiger partial charge in [0.15, 0.2) is 6.10 Å². The van der Waals surface area contributed by atoms with E-state index in [4.69, 9.17) is 14.2 Å². The molecule has 0 fully saturated rings. The first-order valence-electron chi connectivity index (χ1n) is 29.8. The molecular formula is C68H108O6. The standard InChI is InChI=1S/C68H108O6/c1-4-7-10-13-16-19-22-25-28-30-31-32-33-34-35-36-37-38-41-43-46-49-52-55-58-61-67(70)73-64-65(63-72-66(69)60-57-54-51-48-45-42-39-27-24-21-18-15-12-9-6-3)74-68(71)62-59-56-53-50-47-44-40-29-26-23-20-17-14-11-8-5-2/h7,9-10,12,16,18-21,23,25,27-29,31-32,34-35,37-40,43,46,65H,4-6,8,11,13-15,17,22,24,26,30,33,36,41-42,44-45,47-64H2,1-3H3/b10-7-,12-9-,19-16-,21-18-,23-20-,28-25-,32-31-,35-34-,38-37-,39-27-,40-29-,46-43-. The summed E-state index contributed by atoms with van der Waals surface area (Å²) in [6.45, 7) is 6.33. The van der Waals surface area contributed by atoms with Crippen LogP contribution < -0.4 is 0 Å². The highest BCUT2D eigenvalue weighted by Gasteiger charge is 2.19. The quantitative estimate of drug-likeness (QED) is 0.0261. The minimum atomic E-state index is -0.814. The zero-order valence-corrected chi connectivity index (χ0v) is 47.5. The lowest BCUT2D eigenvalue weighted by atomic mass is 10.1. The Morgan fingerprint density at radius 1 is 0.284 bits per heavy atom. The van der Waals surface area contributed by atoms with Crippen molar-refractivity contribution >= 4 is 17.9 Å².